The van der Waals surface area contributed by atoms with Gasteiger partial charge in [0, 0.05) is 24.9 Å². The number of aromatic nitrogens is 2. The second-order valence-corrected chi connectivity index (χ2v) is 13.4. The molecule has 1 aliphatic carbocycles. The molecule has 5 rings (SSSR count). The third-order valence-electron chi connectivity index (χ3n) is 7.10. The predicted molar refractivity (Wildman–Crippen MR) is 135 cm³/mol. The van der Waals surface area contributed by atoms with Crippen LogP contribution < -0.4 is 10.1 Å². The van der Waals surface area contributed by atoms with Crippen molar-refractivity contribution in [3.63, 3.8) is 0 Å². The fourth-order valence-corrected chi connectivity index (χ4v) is 6.81. The van der Waals surface area contributed by atoms with Gasteiger partial charge >= 0.3 is 6.09 Å². The van der Waals surface area contributed by atoms with Crippen LogP contribution in [-0.2, 0) is 14.6 Å². The molecule has 3 heterocycles. The number of amides is 1. The highest BCUT2D eigenvalue weighted by atomic mass is 32.2. The van der Waals surface area contributed by atoms with Gasteiger partial charge in [0.1, 0.15) is 29.7 Å². The average molecular weight is 533 g/mol. The monoisotopic (exact) mass is 532 g/mol. The summed E-state index contributed by atoms with van der Waals surface area (Å²) in [4.78, 5) is 23.1. The Kier molecular flexibility index (Phi) is 6.54. The van der Waals surface area contributed by atoms with Crippen molar-refractivity contribution >= 4 is 27.4 Å². The predicted octanol–water partition coefficient (Wildman–Crippen LogP) is 4.91. The van der Waals surface area contributed by atoms with E-state index in [1.807, 2.05) is 25.7 Å². The van der Waals surface area contributed by atoms with Crippen LogP contribution in [0.1, 0.15) is 64.9 Å². The SMILES string of the molecule is Cc1c(Nc2ccc(S(=O)(=O)C3CC3)cc2F)ncnc1OC1CC2CCC(C1)N2C(=O)OC(C)(C)C. The molecule has 3 fully saturated rings. The van der Waals surface area contributed by atoms with Crippen molar-refractivity contribution in [3.05, 3.63) is 35.9 Å². The Morgan fingerprint density at radius 2 is 1.78 bits per heavy atom. The zero-order chi connectivity index (χ0) is 26.5. The highest BCUT2D eigenvalue weighted by Gasteiger charge is 2.46. The number of sulfone groups is 1. The van der Waals surface area contributed by atoms with Gasteiger partial charge in [-0.1, -0.05) is 0 Å². The van der Waals surface area contributed by atoms with E-state index in [0.29, 0.717) is 42.9 Å². The standard InChI is InChI=1S/C26H33FN4O5S/c1-15-23(30-22-10-9-20(13-21(22)27)37(33,34)19-7-8-19)28-14-29-24(15)35-18-11-16-5-6-17(12-18)31(16)25(32)36-26(2,3)4/h9-10,13-14,16-19H,5-8,11-12H2,1-4H3,(H,28,29,30). The number of hydrogen-bond donors (Lipinski definition) is 1. The molecule has 200 valence electrons. The molecule has 2 bridgehead atoms. The molecule has 2 saturated heterocycles. The smallest absolute Gasteiger partial charge is 0.410 e. The lowest BCUT2D eigenvalue weighted by Crippen LogP contribution is -2.50. The molecule has 1 N–H and O–H groups in total. The molecular weight excluding hydrogens is 499 g/mol. The van der Waals surface area contributed by atoms with Gasteiger partial charge in [0.05, 0.1) is 21.4 Å². The topological polar surface area (TPSA) is 111 Å². The molecule has 2 aliphatic heterocycles. The molecule has 1 amide bonds. The van der Waals surface area contributed by atoms with Crippen LogP contribution in [0.3, 0.4) is 0 Å². The van der Waals surface area contributed by atoms with Crippen LogP contribution in [0.25, 0.3) is 0 Å². The summed E-state index contributed by atoms with van der Waals surface area (Å²) in [7, 11) is -3.48. The van der Waals surface area contributed by atoms with Gasteiger partial charge in [-0.25, -0.2) is 27.6 Å². The van der Waals surface area contributed by atoms with Gasteiger partial charge in [-0.05, 0) is 71.6 Å². The number of nitrogens with one attached hydrogen (secondary N) is 1. The van der Waals surface area contributed by atoms with Crippen molar-refractivity contribution in [2.75, 3.05) is 5.32 Å². The van der Waals surface area contributed by atoms with Gasteiger partial charge in [0.2, 0.25) is 5.88 Å². The van der Waals surface area contributed by atoms with Gasteiger partial charge in [-0.15, -0.1) is 0 Å². The molecule has 1 saturated carbocycles. The summed E-state index contributed by atoms with van der Waals surface area (Å²) >= 11 is 0. The minimum atomic E-state index is -3.48. The zero-order valence-electron chi connectivity index (χ0n) is 21.5. The molecule has 1 aromatic heterocycles. The van der Waals surface area contributed by atoms with Gasteiger partial charge < -0.3 is 19.7 Å². The normalized spacial score (nSPS) is 23.6. The second kappa shape index (κ2) is 9.41. The zero-order valence-corrected chi connectivity index (χ0v) is 22.3. The summed E-state index contributed by atoms with van der Waals surface area (Å²) in [5, 5.41) is 2.54. The number of carbonyl (C=O) groups excluding carboxylic acids is 1. The van der Waals surface area contributed by atoms with E-state index in [4.69, 9.17) is 9.47 Å². The molecule has 1 aromatic carbocycles. The molecule has 0 spiro atoms. The van der Waals surface area contributed by atoms with Crippen LogP contribution >= 0.6 is 0 Å². The van der Waals surface area contributed by atoms with Crippen LogP contribution in [0.4, 0.5) is 20.7 Å². The minimum absolute atomic E-state index is 0.00571. The number of piperidine rings is 1. The highest BCUT2D eigenvalue weighted by Crippen LogP contribution is 2.39. The maximum Gasteiger partial charge on any atom is 0.410 e. The summed E-state index contributed by atoms with van der Waals surface area (Å²) in [6.07, 6.45) is 5.35. The van der Waals surface area contributed by atoms with Crippen molar-refractivity contribution in [2.24, 2.45) is 0 Å². The van der Waals surface area contributed by atoms with Gasteiger partial charge in [-0.3, -0.25) is 0 Å². The van der Waals surface area contributed by atoms with Crippen molar-refractivity contribution in [3.8, 4) is 5.88 Å². The van der Waals surface area contributed by atoms with Gasteiger partial charge in [0.15, 0.2) is 9.84 Å². The summed E-state index contributed by atoms with van der Waals surface area (Å²) in [6, 6.07) is 3.99. The van der Waals surface area contributed by atoms with Crippen LogP contribution in [-0.4, -0.2) is 58.4 Å². The van der Waals surface area contributed by atoms with Crippen molar-refractivity contribution < 1.29 is 27.1 Å². The van der Waals surface area contributed by atoms with Gasteiger partial charge in [0.25, 0.3) is 0 Å². The van der Waals surface area contributed by atoms with E-state index in [2.05, 4.69) is 15.3 Å². The Hall–Kier alpha value is -2.95. The summed E-state index contributed by atoms with van der Waals surface area (Å²) in [5.41, 5.74) is 0.182. The molecule has 2 aromatic rings. The minimum Gasteiger partial charge on any atom is -0.474 e. The first-order chi connectivity index (χ1) is 17.4. The Labute approximate surface area is 216 Å². The number of halogens is 1. The fourth-order valence-electron chi connectivity index (χ4n) is 5.15. The van der Waals surface area contributed by atoms with Crippen molar-refractivity contribution in [1.29, 1.82) is 0 Å². The van der Waals surface area contributed by atoms with E-state index < -0.39 is 26.5 Å². The molecular formula is C26H33FN4O5S. The Bertz CT molecular complexity index is 1290. The number of benzene rings is 1. The number of nitrogens with zero attached hydrogens (tertiary/aromatic N) is 3. The number of ether oxygens (including phenoxy) is 2. The molecule has 9 nitrogen and oxygen atoms in total. The lowest BCUT2D eigenvalue weighted by atomic mass is 10.00. The number of rotatable bonds is 6. The number of carbonyl (C=O) groups is 1. The number of fused-ring (bicyclic) bond motifs is 2. The average Bonchev–Trinajstić information content (AvgIpc) is 3.62. The second-order valence-electron chi connectivity index (χ2n) is 11.1. The third-order valence-corrected chi connectivity index (χ3v) is 9.36. The first-order valence-electron chi connectivity index (χ1n) is 12.7. The first-order valence-corrected chi connectivity index (χ1v) is 14.3. The quantitative estimate of drug-likeness (QED) is 0.559. The van der Waals surface area contributed by atoms with Gasteiger partial charge in [-0.2, -0.15) is 0 Å². The Balaban J connectivity index is 1.27. The molecule has 3 aliphatic rings. The maximum atomic E-state index is 14.8. The van der Waals surface area contributed by atoms with Crippen LogP contribution in [0, 0.1) is 12.7 Å². The van der Waals surface area contributed by atoms with Crippen LogP contribution in [0.5, 0.6) is 5.88 Å². The Morgan fingerprint density at radius 1 is 1.11 bits per heavy atom. The number of hydrogen-bond acceptors (Lipinski definition) is 8. The number of anilines is 2. The maximum absolute atomic E-state index is 14.8. The summed E-state index contributed by atoms with van der Waals surface area (Å²) in [5.74, 6) is 0.0881. The van der Waals surface area contributed by atoms with Crippen LogP contribution in [0.15, 0.2) is 29.4 Å². The lowest BCUT2D eigenvalue weighted by molar-refractivity contribution is -0.00770. The van der Waals surface area contributed by atoms with E-state index in [1.165, 1.54) is 18.5 Å². The first kappa shape index (κ1) is 25.7. The largest absolute Gasteiger partial charge is 0.474 e. The highest BCUT2D eigenvalue weighted by molar-refractivity contribution is 7.92. The van der Waals surface area contributed by atoms with E-state index >= 15 is 0 Å². The molecule has 2 atom stereocenters. The summed E-state index contributed by atoms with van der Waals surface area (Å²) in [6.45, 7) is 7.37. The Morgan fingerprint density at radius 3 is 2.38 bits per heavy atom. The fraction of sp³-hybridized carbons (Fsp3) is 0.577. The van der Waals surface area contributed by atoms with E-state index in [1.54, 1.807) is 6.92 Å². The van der Waals surface area contributed by atoms with E-state index in [9.17, 15) is 17.6 Å². The van der Waals surface area contributed by atoms with E-state index in [0.717, 1.165) is 18.9 Å². The lowest BCUT2D eigenvalue weighted by Gasteiger charge is -2.39. The third kappa shape index (κ3) is 5.37. The van der Waals surface area contributed by atoms with Crippen LogP contribution in [0.2, 0.25) is 0 Å². The van der Waals surface area contributed by atoms with Crippen molar-refractivity contribution in [1.82, 2.24) is 14.9 Å². The molecule has 37 heavy (non-hydrogen) atoms. The molecule has 2 unspecified atom stereocenters. The van der Waals surface area contributed by atoms with Crippen molar-refractivity contribution in [2.45, 2.75) is 100 Å². The van der Waals surface area contributed by atoms with E-state index in [-0.39, 0.29) is 34.9 Å². The molecule has 11 heteroatoms. The molecule has 0 radical (unpaired) electrons. The summed E-state index contributed by atoms with van der Waals surface area (Å²) < 4.78 is 51.5.